The molecule has 1 aliphatic rings. The third-order valence-electron chi connectivity index (χ3n) is 4.60. The number of piperazine rings is 1. The lowest BCUT2D eigenvalue weighted by Gasteiger charge is -2.49. The van der Waals surface area contributed by atoms with E-state index in [1.807, 2.05) is 28.3 Å². The summed E-state index contributed by atoms with van der Waals surface area (Å²) < 4.78 is 1.92. The highest BCUT2D eigenvalue weighted by atomic mass is 16.2. The van der Waals surface area contributed by atoms with E-state index in [9.17, 15) is 4.79 Å². The fourth-order valence-corrected chi connectivity index (χ4v) is 3.48. The van der Waals surface area contributed by atoms with Gasteiger partial charge in [-0.05, 0) is 34.6 Å². The Morgan fingerprint density at radius 1 is 1.42 bits per heavy atom. The second-order valence-corrected chi connectivity index (χ2v) is 7.56. The lowest BCUT2D eigenvalue weighted by atomic mass is 9.96. The minimum atomic E-state index is -0.276. The van der Waals surface area contributed by atoms with Crippen LogP contribution < -0.4 is 5.32 Å². The molecule has 144 valence electrons. The number of carbonyl (C=O) groups is 1. The molecule has 1 saturated heterocycles. The maximum absolute atomic E-state index is 12.7. The molecule has 0 radical (unpaired) electrons. The van der Waals surface area contributed by atoms with Gasteiger partial charge in [0.25, 0.3) is 0 Å². The quantitative estimate of drug-likeness (QED) is 0.482. The van der Waals surface area contributed by atoms with Gasteiger partial charge in [0.1, 0.15) is 12.4 Å². The Labute approximate surface area is 156 Å². The lowest BCUT2D eigenvalue weighted by Crippen LogP contribution is -2.66. The molecule has 1 N–H and O–H groups in total. The van der Waals surface area contributed by atoms with Crippen molar-refractivity contribution in [1.82, 2.24) is 29.9 Å². The summed E-state index contributed by atoms with van der Waals surface area (Å²) in [6.45, 7) is 15.9. The van der Waals surface area contributed by atoms with Gasteiger partial charge in [-0.15, -0.1) is 16.8 Å². The highest BCUT2D eigenvalue weighted by Gasteiger charge is 2.40. The lowest BCUT2D eigenvalue weighted by molar-refractivity contribution is -0.145. The number of nitrogens with one attached hydrogen (secondary N) is 1. The van der Waals surface area contributed by atoms with E-state index in [0.29, 0.717) is 32.1 Å². The molecule has 0 aromatic carbocycles. The van der Waals surface area contributed by atoms with Crippen molar-refractivity contribution < 1.29 is 4.79 Å². The number of aromatic nitrogens is 3. The Bertz CT molecular complexity index is 690. The second kappa shape index (κ2) is 7.88. The van der Waals surface area contributed by atoms with Crippen LogP contribution in [0.3, 0.4) is 0 Å². The Morgan fingerprint density at radius 3 is 2.62 bits per heavy atom. The largest absolute Gasteiger partial charge is 0.353 e. The van der Waals surface area contributed by atoms with Crippen molar-refractivity contribution in [2.75, 3.05) is 19.6 Å². The van der Waals surface area contributed by atoms with Gasteiger partial charge in [-0.25, -0.2) is 4.99 Å². The molecule has 0 bridgehead atoms. The van der Waals surface area contributed by atoms with Gasteiger partial charge < -0.3 is 19.7 Å². The molecule has 0 atom stereocenters. The molecule has 0 saturated carbocycles. The number of aryl methyl sites for hydroxylation is 1. The first-order chi connectivity index (χ1) is 12.2. The van der Waals surface area contributed by atoms with Gasteiger partial charge in [-0.1, -0.05) is 6.08 Å². The standard InChI is InChI=1S/C18H31N7O/c1-8-9-19-17(20-10-15-22-21-14(4)23(15)7)24-11-16(26)25(13(2)3)18(5,6)12-24/h8,13H,1,9-12H2,2-7H3,(H,19,20). The first-order valence-electron chi connectivity index (χ1n) is 8.98. The first-order valence-corrected chi connectivity index (χ1v) is 8.98. The van der Waals surface area contributed by atoms with Crippen LogP contribution in [-0.4, -0.2) is 67.6 Å². The van der Waals surface area contributed by atoms with Crippen LogP contribution in [0.15, 0.2) is 17.6 Å². The van der Waals surface area contributed by atoms with Crippen LogP contribution in [0.25, 0.3) is 0 Å². The zero-order chi connectivity index (χ0) is 19.5. The summed E-state index contributed by atoms with van der Waals surface area (Å²) >= 11 is 0. The summed E-state index contributed by atoms with van der Waals surface area (Å²) in [5, 5.41) is 11.5. The predicted molar refractivity (Wildman–Crippen MR) is 103 cm³/mol. The Morgan fingerprint density at radius 2 is 2.12 bits per heavy atom. The normalized spacial score (nSPS) is 17.8. The highest BCUT2D eigenvalue weighted by Crippen LogP contribution is 2.24. The zero-order valence-electron chi connectivity index (χ0n) is 16.8. The average molecular weight is 361 g/mol. The number of rotatable bonds is 5. The molecular formula is C18H31N7O. The fourth-order valence-electron chi connectivity index (χ4n) is 3.48. The second-order valence-electron chi connectivity index (χ2n) is 7.56. The Balaban J connectivity index is 2.23. The van der Waals surface area contributed by atoms with Crippen LogP contribution in [0.5, 0.6) is 0 Å². The van der Waals surface area contributed by atoms with Crippen molar-refractivity contribution in [3.05, 3.63) is 24.3 Å². The maximum Gasteiger partial charge on any atom is 0.242 e. The Kier molecular flexibility index (Phi) is 6.05. The van der Waals surface area contributed by atoms with Gasteiger partial charge in [0, 0.05) is 26.2 Å². The van der Waals surface area contributed by atoms with Crippen molar-refractivity contribution in [2.24, 2.45) is 12.0 Å². The molecule has 2 rings (SSSR count). The van der Waals surface area contributed by atoms with Gasteiger partial charge in [0.15, 0.2) is 11.8 Å². The van der Waals surface area contributed by atoms with Crippen molar-refractivity contribution in [3.8, 4) is 0 Å². The summed E-state index contributed by atoms with van der Waals surface area (Å²) in [5.74, 6) is 2.43. The fraction of sp³-hybridized carbons (Fsp3) is 0.667. The van der Waals surface area contributed by atoms with Crippen molar-refractivity contribution in [1.29, 1.82) is 0 Å². The monoisotopic (exact) mass is 361 g/mol. The highest BCUT2D eigenvalue weighted by molar-refractivity contribution is 5.88. The number of guanidine groups is 1. The summed E-state index contributed by atoms with van der Waals surface area (Å²) in [6.07, 6.45) is 1.78. The van der Waals surface area contributed by atoms with E-state index in [-0.39, 0.29) is 17.5 Å². The van der Waals surface area contributed by atoms with E-state index < -0.39 is 0 Å². The van der Waals surface area contributed by atoms with Crippen LogP contribution >= 0.6 is 0 Å². The maximum atomic E-state index is 12.7. The molecule has 8 heteroatoms. The molecule has 1 aliphatic heterocycles. The van der Waals surface area contributed by atoms with Gasteiger partial charge in [0.2, 0.25) is 5.91 Å². The van der Waals surface area contributed by atoms with Gasteiger partial charge in [-0.2, -0.15) is 0 Å². The van der Waals surface area contributed by atoms with Crippen LogP contribution in [0, 0.1) is 6.92 Å². The van der Waals surface area contributed by atoms with Crippen molar-refractivity contribution in [2.45, 2.75) is 52.7 Å². The van der Waals surface area contributed by atoms with Gasteiger partial charge in [0.05, 0.1) is 12.1 Å². The molecule has 1 fully saturated rings. The molecule has 8 nitrogen and oxygen atoms in total. The van der Waals surface area contributed by atoms with E-state index in [1.54, 1.807) is 6.08 Å². The van der Waals surface area contributed by atoms with Crippen molar-refractivity contribution in [3.63, 3.8) is 0 Å². The minimum absolute atomic E-state index is 0.110. The minimum Gasteiger partial charge on any atom is -0.353 e. The smallest absolute Gasteiger partial charge is 0.242 e. The summed E-state index contributed by atoms with van der Waals surface area (Å²) in [4.78, 5) is 21.4. The van der Waals surface area contributed by atoms with Crippen LogP contribution in [0.2, 0.25) is 0 Å². The average Bonchev–Trinajstić information content (AvgIpc) is 2.84. The number of hydrogen-bond acceptors (Lipinski definition) is 4. The van der Waals surface area contributed by atoms with Crippen LogP contribution in [0.1, 0.15) is 39.3 Å². The number of aliphatic imine (C=N–C) groups is 1. The SMILES string of the molecule is C=CCNC(=NCc1nnc(C)n1C)N1CC(=O)N(C(C)C)C(C)(C)C1. The van der Waals surface area contributed by atoms with E-state index in [4.69, 9.17) is 0 Å². The summed E-state index contributed by atoms with van der Waals surface area (Å²) in [6, 6.07) is 0.169. The molecule has 26 heavy (non-hydrogen) atoms. The number of nitrogens with zero attached hydrogens (tertiary/aromatic N) is 6. The molecular weight excluding hydrogens is 330 g/mol. The number of hydrogen-bond donors (Lipinski definition) is 1. The van der Waals surface area contributed by atoms with E-state index in [0.717, 1.165) is 11.6 Å². The third kappa shape index (κ3) is 4.23. The van der Waals surface area contributed by atoms with Gasteiger partial charge in [-0.3, -0.25) is 4.79 Å². The zero-order valence-corrected chi connectivity index (χ0v) is 16.8. The molecule has 0 spiro atoms. The van der Waals surface area contributed by atoms with E-state index in [1.165, 1.54) is 0 Å². The number of amides is 1. The van der Waals surface area contributed by atoms with Crippen LogP contribution in [0.4, 0.5) is 0 Å². The first kappa shape index (κ1) is 19.9. The number of carbonyl (C=O) groups excluding carboxylic acids is 1. The molecule has 1 amide bonds. The molecule has 1 aromatic heterocycles. The molecule has 2 heterocycles. The Hall–Kier alpha value is -2.38. The van der Waals surface area contributed by atoms with Crippen LogP contribution in [-0.2, 0) is 18.4 Å². The predicted octanol–water partition coefficient (Wildman–Crippen LogP) is 1.09. The topological polar surface area (TPSA) is 78.6 Å². The van der Waals surface area contributed by atoms with E-state index >= 15 is 0 Å². The molecule has 1 aromatic rings. The third-order valence-corrected chi connectivity index (χ3v) is 4.60. The van der Waals surface area contributed by atoms with Crippen molar-refractivity contribution >= 4 is 11.9 Å². The summed E-state index contributed by atoms with van der Waals surface area (Å²) in [5.41, 5.74) is -0.276. The van der Waals surface area contributed by atoms with Gasteiger partial charge >= 0.3 is 0 Å². The molecule has 0 aliphatic carbocycles. The summed E-state index contributed by atoms with van der Waals surface area (Å²) in [7, 11) is 1.92. The molecule has 0 unspecified atom stereocenters. The van der Waals surface area contributed by atoms with E-state index in [2.05, 4.69) is 54.8 Å².